The van der Waals surface area contributed by atoms with Crippen molar-refractivity contribution in [3.8, 4) is 0 Å². The van der Waals surface area contributed by atoms with E-state index in [1.165, 1.54) is 13.1 Å². The fraction of sp³-hybridized carbons (Fsp3) is 0.364. The number of aliphatic hydroxyl groups excluding tert-OH is 1. The molecule has 0 bridgehead atoms. The standard InChI is InChI=1S/C11H14F3N3O2/c1-17(5-6-18)10(19)7-3-2-4-8(9(7)16-15)11(12,13)14/h2-4,16,18H,5-6,15H2,1H3. The zero-order valence-electron chi connectivity index (χ0n) is 10.2. The number of para-hydroxylation sites is 1. The highest BCUT2D eigenvalue weighted by Crippen LogP contribution is 2.36. The summed E-state index contributed by atoms with van der Waals surface area (Å²) < 4.78 is 38.3. The Morgan fingerprint density at radius 1 is 1.47 bits per heavy atom. The van der Waals surface area contributed by atoms with E-state index in [0.29, 0.717) is 0 Å². The van der Waals surface area contributed by atoms with Crippen molar-refractivity contribution < 1.29 is 23.1 Å². The number of nitrogens with one attached hydrogen (secondary N) is 1. The monoisotopic (exact) mass is 277 g/mol. The van der Waals surface area contributed by atoms with Crippen LogP contribution in [0.4, 0.5) is 18.9 Å². The first-order chi connectivity index (χ1) is 8.82. The minimum Gasteiger partial charge on any atom is -0.395 e. The fourth-order valence-corrected chi connectivity index (χ4v) is 1.58. The SMILES string of the molecule is CN(CCO)C(=O)c1cccc(C(F)(F)F)c1NN. The molecule has 0 unspecified atom stereocenters. The molecule has 1 aromatic rings. The number of likely N-dealkylation sites (N-methyl/N-ethyl adjacent to an activating group) is 1. The van der Waals surface area contributed by atoms with Crippen LogP contribution >= 0.6 is 0 Å². The molecule has 106 valence electrons. The summed E-state index contributed by atoms with van der Waals surface area (Å²) in [6, 6.07) is 3.20. The third-order valence-corrected chi connectivity index (χ3v) is 2.53. The number of aliphatic hydroxyl groups is 1. The molecule has 0 saturated carbocycles. The number of hydrogen-bond acceptors (Lipinski definition) is 4. The van der Waals surface area contributed by atoms with E-state index in [1.54, 1.807) is 0 Å². The summed E-state index contributed by atoms with van der Waals surface area (Å²) >= 11 is 0. The van der Waals surface area contributed by atoms with Crippen molar-refractivity contribution in [3.05, 3.63) is 29.3 Å². The zero-order valence-corrected chi connectivity index (χ0v) is 10.2. The van der Waals surface area contributed by atoms with Crippen molar-refractivity contribution in [3.63, 3.8) is 0 Å². The fourth-order valence-electron chi connectivity index (χ4n) is 1.58. The van der Waals surface area contributed by atoms with Gasteiger partial charge in [-0.3, -0.25) is 10.6 Å². The van der Waals surface area contributed by atoms with Crippen LogP contribution in [0.3, 0.4) is 0 Å². The number of hydrazine groups is 1. The molecule has 0 radical (unpaired) electrons. The lowest BCUT2D eigenvalue weighted by Crippen LogP contribution is -2.31. The number of nitrogen functional groups attached to an aromatic ring is 1. The number of alkyl halides is 3. The van der Waals surface area contributed by atoms with E-state index in [2.05, 4.69) is 0 Å². The van der Waals surface area contributed by atoms with E-state index in [0.717, 1.165) is 17.0 Å². The number of nitrogens with zero attached hydrogens (tertiary/aromatic N) is 1. The Morgan fingerprint density at radius 2 is 2.11 bits per heavy atom. The van der Waals surface area contributed by atoms with Crippen LogP contribution in [0, 0.1) is 0 Å². The maximum atomic E-state index is 12.8. The van der Waals surface area contributed by atoms with Crippen molar-refractivity contribution in [2.75, 3.05) is 25.6 Å². The molecule has 1 amide bonds. The molecule has 5 nitrogen and oxygen atoms in total. The van der Waals surface area contributed by atoms with Gasteiger partial charge in [-0.25, -0.2) is 0 Å². The highest BCUT2D eigenvalue weighted by Gasteiger charge is 2.35. The number of carbonyl (C=O) groups is 1. The molecule has 0 aliphatic heterocycles. The molecular weight excluding hydrogens is 263 g/mol. The quantitative estimate of drug-likeness (QED) is 0.568. The molecule has 0 saturated heterocycles. The lowest BCUT2D eigenvalue weighted by molar-refractivity contribution is -0.137. The Morgan fingerprint density at radius 3 is 2.58 bits per heavy atom. The second-order valence-electron chi connectivity index (χ2n) is 3.82. The topological polar surface area (TPSA) is 78.6 Å². The van der Waals surface area contributed by atoms with E-state index >= 15 is 0 Å². The van der Waals surface area contributed by atoms with E-state index in [9.17, 15) is 18.0 Å². The number of rotatable bonds is 4. The van der Waals surface area contributed by atoms with E-state index in [-0.39, 0.29) is 18.7 Å². The first kappa shape index (κ1) is 15.3. The predicted molar refractivity (Wildman–Crippen MR) is 63.3 cm³/mol. The van der Waals surface area contributed by atoms with Gasteiger partial charge >= 0.3 is 6.18 Å². The van der Waals surface area contributed by atoms with Gasteiger partial charge in [0.1, 0.15) is 0 Å². The largest absolute Gasteiger partial charge is 0.418 e. The lowest BCUT2D eigenvalue weighted by atomic mass is 10.1. The van der Waals surface area contributed by atoms with Crippen LogP contribution in [-0.4, -0.2) is 36.1 Å². The predicted octanol–water partition coefficient (Wildman–Crippen LogP) is 1.06. The number of halogens is 3. The molecule has 0 aliphatic carbocycles. The van der Waals surface area contributed by atoms with Crippen LogP contribution in [0.2, 0.25) is 0 Å². The molecule has 4 N–H and O–H groups in total. The van der Waals surface area contributed by atoms with Gasteiger partial charge in [-0.1, -0.05) is 6.07 Å². The van der Waals surface area contributed by atoms with Gasteiger partial charge in [-0.05, 0) is 12.1 Å². The molecule has 1 aromatic carbocycles. The molecule has 0 heterocycles. The highest BCUT2D eigenvalue weighted by molar-refractivity contribution is 6.00. The average Bonchev–Trinajstić information content (AvgIpc) is 2.36. The van der Waals surface area contributed by atoms with Gasteiger partial charge < -0.3 is 15.4 Å². The van der Waals surface area contributed by atoms with Gasteiger partial charge in [0, 0.05) is 13.6 Å². The van der Waals surface area contributed by atoms with Crippen LogP contribution in [0.25, 0.3) is 0 Å². The van der Waals surface area contributed by atoms with Crippen LogP contribution in [-0.2, 0) is 6.18 Å². The summed E-state index contributed by atoms with van der Waals surface area (Å²) in [6.45, 7) is -0.272. The molecular formula is C11H14F3N3O2. The van der Waals surface area contributed by atoms with Gasteiger partial charge in [0.2, 0.25) is 0 Å². The first-order valence-electron chi connectivity index (χ1n) is 5.36. The number of nitrogens with two attached hydrogens (primary N) is 1. The molecule has 0 aliphatic rings. The van der Waals surface area contributed by atoms with Crippen molar-refractivity contribution in [2.24, 2.45) is 5.84 Å². The highest BCUT2D eigenvalue weighted by atomic mass is 19.4. The van der Waals surface area contributed by atoms with Crippen molar-refractivity contribution in [1.29, 1.82) is 0 Å². The van der Waals surface area contributed by atoms with Gasteiger partial charge in [0.25, 0.3) is 5.91 Å². The Labute approximate surface area is 107 Å². The molecule has 19 heavy (non-hydrogen) atoms. The first-order valence-corrected chi connectivity index (χ1v) is 5.36. The second-order valence-corrected chi connectivity index (χ2v) is 3.82. The zero-order chi connectivity index (χ0) is 14.6. The summed E-state index contributed by atoms with van der Waals surface area (Å²) in [7, 11) is 1.37. The molecule has 0 aromatic heterocycles. The summed E-state index contributed by atoms with van der Waals surface area (Å²) in [6.07, 6.45) is -4.62. The Hall–Kier alpha value is -1.80. The van der Waals surface area contributed by atoms with Crippen molar-refractivity contribution in [1.82, 2.24) is 4.90 Å². The summed E-state index contributed by atoms with van der Waals surface area (Å²) in [4.78, 5) is 13.1. The second kappa shape index (κ2) is 5.89. The molecule has 0 spiro atoms. The molecule has 1 rings (SSSR count). The molecule has 0 fully saturated rings. The van der Waals surface area contributed by atoms with Gasteiger partial charge in [0.15, 0.2) is 0 Å². The van der Waals surface area contributed by atoms with E-state index < -0.39 is 23.3 Å². The minimum absolute atomic E-state index is 0.0130. The Kier molecular flexibility index (Phi) is 4.73. The van der Waals surface area contributed by atoms with Gasteiger partial charge in [0.05, 0.1) is 23.4 Å². The van der Waals surface area contributed by atoms with Crippen molar-refractivity contribution in [2.45, 2.75) is 6.18 Å². The maximum Gasteiger partial charge on any atom is 0.418 e. The Balaban J connectivity index is 3.26. The number of benzene rings is 1. The third-order valence-electron chi connectivity index (χ3n) is 2.53. The van der Waals surface area contributed by atoms with Crippen molar-refractivity contribution >= 4 is 11.6 Å². The van der Waals surface area contributed by atoms with Gasteiger partial charge in [-0.15, -0.1) is 0 Å². The van der Waals surface area contributed by atoms with Crippen LogP contribution in [0.1, 0.15) is 15.9 Å². The summed E-state index contributed by atoms with van der Waals surface area (Å²) in [5, 5.41) is 8.73. The van der Waals surface area contributed by atoms with Crippen LogP contribution in [0.5, 0.6) is 0 Å². The normalized spacial score (nSPS) is 11.3. The Bertz CT molecular complexity index is 463. The van der Waals surface area contributed by atoms with Crippen LogP contribution < -0.4 is 11.3 Å². The average molecular weight is 277 g/mol. The summed E-state index contributed by atoms with van der Waals surface area (Å²) in [5.74, 6) is 4.43. The molecule has 0 atom stereocenters. The number of amides is 1. The third kappa shape index (κ3) is 3.36. The van der Waals surface area contributed by atoms with E-state index in [1.807, 2.05) is 5.43 Å². The summed E-state index contributed by atoms with van der Waals surface area (Å²) in [5.41, 5.74) is 0.221. The minimum atomic E-state index is -4.62. The smallest absolute Gasteiger partial charge is 0.395 e. The van der Waals surface area contributed by atoms with E-state index in [4.69, 9.17) is 10.9 Å². The van der Waals surface area contributed by atoms with Crippen LogP contribution in [0.15, 0.2) is 18.2 Å². The lowest BCUT2D eigenvalue weighted by Gasteiger charge is -2.20. The van der Waals surface area contributed by atoms with Gasteiger partial charge in [-0.2, -0.15) is 13.2 Å². The number of hydrogen-bond donors (Lipinski definition) is 3. The maximum absolute atomic E-state index is 12.8. The molecule has 8 heteroatoms. The number of carbonyl (C=O) groups excluding carboxylic acids is 1. The number of anilines is 1.